The van der Waals surface area contributed by atoms with Gasteiger partial charge in [-0.1, -0.05) is 5.16 Å². The van der Waals surface area contributed by atoms with Crippen LogP contribution < -0.4 is 5.73 Å². The van der Waals surface area contributed by atoms with Crippen molar-refractivity contribution in [2.75, 3.05) is 13.1 Å². The number of aromatic nitrogens is 4. The van der Waals surface area contributed by atoms with Gasteiger partial charge in [0.15, 0.2) is 0 Å². The van der Waals surface area contributed by atoms with Crippen LogP contribution in [0.25, 0.3) is 0 Å². The number of carbonyl (C=O) groups is 1. The predicted octanol–water partition coefficient (Wildman–Crippen LogP) is 0.667. The molecule has 1 saturated heterocycles. The summed E-state index contributed by atoms with van der Waals surface area (Å²) < 4.78 is 7.02. The normalized spacial score (nSPS) is 16.9. The second-order valence-electron chi connectivity index (χ2n) is 5.65. The smallest absolute Gasteiger partial charge is 0.290 e. The van der Waals surface area contributed by atoms with Crippen LogP contribution in [0.15, 0.2) is 23.0 Å². The molecular weight excluding hydrogens is 284 g/mol. The molecule has 0 radical (unpaired) electrons. The molecule has 0 aliphatic carbocycles. The fraction of sp³-hybridized carbons (Fsp3) is 0.571. The summed E-state index contributed by atoms with van der Waals surface area (Å²) in [6.45, 7) is 3.55. The molecule has 1 aliphatic heterocycles. The zero-order valence-corrected chi connectivity index (χ0v) is 12.4. The minimum absolute atomic E-state index is 0.0518. The van der Waals surface area contributed by atoms with Gasteiger partial charge in [-0.15, -0.1) is 0 Å². The van der Waals surface area contributed by atoms with E-state index in [-0.39, 0.29) is 5.82 Å². The Bertz CT molecular complexity index is 601. The Kier molecular flexibility index (Phi) is 4.47. The van der Waals surface area contributed by atoms with Crippen LogP contribution in [0.1, 0.15) is 35.8 Å². The van der Waals surface area contributed by atoms with Crippen LogP contribution in [-0.2, 0) is 13.1 Å². The zero-order valence-electron chi connectivity index (χ0n) is 12.4. The van der Waals surface area contributed by atoms with Gasteiger partial charge in [0.05, 0.1) is 6.54 Å². The first-order valence-electron chi connectivity index (χ1n) is 7.53. The van der Waals surface area contributed by atoms with Crippen LogP contribution in [0.2, 0.25) is 0 Å². The largest absolute Gasteiger partial charge is 0.363 e. The van der Waals surface area contributed by atoms with Crippen LogP contribution in [0.3, 0.4) is 0 Å². The van der Waals surface area contributed by atoms with E-state index in [9.17, 15) is 4.79 Å². The van der Waals surface area contributed by atoms with E-state index in [0.29, 0.717) is 12.4 Å². The lowest BCUT2D eigenvalue weighted by atomic mass is 9.93. The number of primary amides is 1. The first-order valence-corrected chi connectivity index (χ1v) is 7.53. The van der Waals surface area contributed by atoms with E-state index in [1.807, 2.05) is 23.1 Å². The Morgan fingerprint density at radius 2 is 2.23 bits per heavy atom. The van der Waals surface area contributed by atoms with Crippen molar-refractivity contribution in [3.05, 3.63) is 30.2 Å². The minimum atomic E-state index is -0.660. The molecule has 0 aromatic carbocycles. The lowest BCUT2D eigenvalue weighted by Gasteiger charge is -2.30. The van der Waals surface area contributed by atoms with Gasteiger partial charge < -0.3 is 10.3 Å². The zero-order chi connectivity index (χ0) is 15.4. The fourth-order valence-corrected chi connectivity index (χ4v) is 2.79. The van der Waals surface area contributed by atoms with Gasteiger partial charge in [0.1, 0.15) is 0 Å². The van der Waals surface area contributed by atoms with E-state index in [1.54, 1.807) is 0 Å². The summed E-state index contributed by atoms with van der Waals surface area (Å²) >= 11 is 0. The molecule has 1 amide bonds. The van der Waals surface area contributed by atoms with Crippen molar-refractivity contribution in [2.45, 2.75) is 32.4 Å². The van der Waals surface area contributed by atoms with Crippen LogP contribution in [0.5, 0.6) is 0 Å². The molecule has 118 valence electrons. The highest BCUT2D eigenvalue weighted by Gasteiger charge is 2.21. The van der Waals surface area contributed by atoms with Crippen LogP contribution in [-0.4, -0.2) is 43.8 Å². The van der Waals surface area contributed by atoms with Crippen molar-refractivity contribution in [3.63, 3.8) is 0 Å². The molecule has 1 fully saturated rings. The van der Waals surface area contributed by atoms with Gasteiger partial charge in [0.25, 0.3) is 11.7 Å². The monoisotopic (exact) mass is 304 g/mol. The van der Waals surface area contributed by atoms with Crippen molar-refractivity contribution >= 4 is 5.91 Å². The molecule has 22 heavy (non-hydrogen) atoms. The maximum atomic E-state index is 10.9. The van der Waals surface area contributed by atoms with Gasteiger partial charge >= 0.3 is 0 Å². The Labute approximate surface area is 128 Å². The molecule has 0 atom stereocenters. The quantitative estimate of drug-likeness (QED) is 0.841. The molecule has 3 heterocycles. The summed E-state index contributed by atoms with van der Waals surface area (Å²) in [6, 6.07) is 1.95. The van der Waals surface area contributed by atoms with Crippen molar-refractivity contribution in [1.29, 1.82) is 0 Å². The van der Waals surface area contributed by atoms with Gasteiger partial charge in [-0.3, -0.25) is 14.4 Å². The highest BCUT2D eigenvalue weighted by molar-refractivity contribution is 5.88. The number of hydrogen-bond acceptors (Lipinski definition) is 6. The lowest BCUT2D eigenvalue weighted by molar-refractivity contribution is 0.0987. The molecular formula is C14H20N6O2. The number of carbonyl (C=O) groups excluding carboxylic acids is 1. The van der Waals surface area contributed by atoms with Crippen molar-refractivity contribution < 1.29 is 9.32 Å². The van der Waals surface area contributed by atoms with Crippen LogP contribution in [0.4, 0.5) is 0 Å². The first-order chi connectivity index (χ1) is 10.7. The third-order valence-electron chi connectivity index (χ3n) is 4.08. The molecule has 8 nitrogen and oxygen atoms in total. The number of likely N-dealkylation sites (tertiary alicyclic amines) is 1. The van der Waals surface area contributed by atoms with Gasteiger partial charge in [0.2, 0.25) is 5.89 Å². The van der Waals surface area contributed by atoms with E-state index in [1.165, 1.54) is 0 Å². The summed E-state index contributed by atoms with van der Waals surface area (Å²) in [5, 5.41) is 7.79. The van der Waals surface area contributed by atoms with Crippen LogP contribution in [0, 0.1) is 5.92 Å². The van der Waals surface area contributed by atoms with E-state index in [2.05, 4.69) is 20.1 Å². The fourth-order valence-electron chi connectivity index (χ4n) is 2.79. The number of aryl methyl sites for hydroxylation is 1. The maximum absolute atomic E-state index is 10.9. The van der Waals surface area contributed by atoms with E-state index in [0.717, 1.165) is 44.8 Å². The van der Waals surface area contributed by atoms with E-state index >= 15 is 0 Å². The average Bonchev–Trinajstić information content (AvgIpc) is 3.18. The molecule has 3 rings (SSSR count). The summed E-state index contributed by atoms with van der Waals surface area (Å²) in [5.74, 6) is 0.463. The lowest BCUT2D eigenvalue weighted by Crippen LogP contribution is -2.33. The first kappa shape index (κ1) is 14.7. The number of amides is 1. The number of rotatable bonds is 6. The Hall–Kier alpha value is -2.22. The summed E-state index contributed by atoms with van der Waals surface area (Å²) in [5.41, 5.74) is 5.11. The van der Waals surface area contributed by atoms with Gasteiger partial charge in [0, 0.05) is 18.9 Å². The topological polar surface area (TPSA) is 103 Å². The minimum Gasteiger partial charge on any atom is -0.363 e. The summed E-state index contributed by atoms with van der Waals surface area (Å²) in [6.07, 6.45) is 7.27. The SMILES string of the molecule is NC(=O)c1noc(CN2CCC(CCn3cccn3)CC2)n1. The van der Waals surface area contributed by atoms with E-state index < -0.39 is 5.91 Å². The second kappa shape index (κ2) is 6.69. The number of nitrogens with zero attached hydrogens (tertiary/aromatic N) is 5. The highest BCUT2D eigenvalue weighted by Crippen LogP contribution is 2.22. The number of hydrogen-bond donors (Lipinski definition) is 1. The molecule has 0 saturated carbocycles. The Morgan fingerprint density at radius 1 is 1.41 bits per heavy atom. The third kappa shape index (κ3) is 3.70. The molecule has 1 aliphatic rings. The average molecular weight is 304 g/mol. The predicted molar refractivity (Wildman–Crippen MR) is 77.7 cm³/mol. The summed E-state index contributed by atoms with van der Waals surface area (Å²) in [4.78, 5) is 17.2. The highest BCUT2D eigenvalue weighted by atomic mass is 16.5. The van der Waals surface area contributed by atoms with Crippen LogP contribution >= 0.6 is 0 Å². The van der Waals surface area contributed by atoms with Crippen molar-refractivity contribution in [2.24, 2.45) is 11.7 Å². The second-order valence-corrected chi connectivity index (χ2v) is 5.65. The third-order valence-corrected chi connectivity index (χ3v) is 4.08. The molecule has 2 aromatic rings. The molecule has 0 unspecified atom stereocenters. The molecule has 2 N–H and O–H groups in total. The number of piperidine rings is 1. The Balaban J connectivity index is 1.42. The van der Waals surface area contributed by atoms with Gasteiger partial charge in [-0.05, 0) is 44.3 Å². The molecule has 8 heteroatoms. The molecule has 2 aromatic heterocycles. The Morgan fingerprint density at radius 3 is 2.86 bits per heavy atom. The molecule has 0 bridgehead atoms. The van der Waals surface area contributed by atoms with Crippen molar-refractivity contribution in [3.8, 4) is 0 Å². The molecule has 0 spiro atoms. The van der Waals surface area contributed by atoms with Gasteiger partial charge in [-0.2, -0.15) is 10.1 Å². The van der Waals surface area contributed by atoms with Crippen molar-refractivity contribution in [1.82, 2.24) is 24.8 Å². The maximum Gasteiger partial charge on any atom is 0.290 e. The van der Waals surface area contributed by atoms with E-state index in [4.69, 9.17) is 10.3 Å². The summed E-state index contributed by atoms with van der Waals surface area (Å²) in [7, 11) is 0. The number of nitrogens with two attached hydrogens (primary N) is 1. The van der Waals surface area contributed by atoms with Gasteiger partial charge in [-0.25, -0.2) is 0 Å². The standard InChI is InChI=1S/C14H20N6O2/c15-13(21)14-17-12(22-18-14)10-19-7-2-11(3-8-19)4-9-20-6-1-5-16-20/h1,5-6,11H,2-4,7-10H2,(H2,15,21).